The monoisotopic (exact) mass is 197 g/mol. The molecule has 0 bridgehead atoms. The number of nitrogens with one attached hydrogen (secondary N) is 1. The van der Waals surface area contributed by atoms with Crippen molar-refractivity contribution in [3.8, 4) is 5.75 Å². The van der Waals surface area contributed by atoms with Gasteiger partial charge in [-0.1, -0.05) is 17.7 Å². The molecule has 1 aromatic rings. The van der Waals surface area contributed by atoms with Gasteiger partial charge in [0.25, 0.3) is 0 Å². The van der Waals surface area contributed by atoms with Crippen LogP contribution in [0, 0.1) is 0 Å². The summed E-state index contributed by atoms with van der Waals surface area (Å²) in [5.41, 5.74) is 0.891. The van der Waals surface area contributed by atoms with Crippen molar-refractivity contribution >= 4 is 17.3 Å². The molecule has 13 heavy (non-hydrogen) atoms. The van der Waals surface area contributed by atoms with Crippen LogP contribution in [0.5, 0.6) is 5.75 Å². The predicted octanol–water partition coefficient (Wildman–Crippen LogP) is 2.95. The molecule has 0 unspecified atom stereocenters. The van der Waals surface area contributed by atoms with Crippen molar-refractivity contribution in [3.63, 3.8) is 0 Å². The van der Waals surface area contributed by atoms with Crippen LogP contribution in [0.3, 0.4) is 0 Å². The van der Waals surface area contributed by atoms with Crippen molar-refractivity contribution in [1.82, 2.24) is 0 Å². The average Bonchev–Trinajstić information content (AvgIpc) is 2.16. The second kappa shape index (κ2) is 4.77. The maximum Gasteiger partial charge on any atom is 0.120 e. The Kier molecular flexibility index (Phi) is 3.65. The van der Waals surface area contributed by atoms with E-state index < -0.39 is 0 Å². The highest BCUT2D eigenvalue weighted by Gasteiger charge is 1.99. The zero-order valence-corrected chi connectivity index (χ0v) is 8.27. The first-order chi connectivity index (χ1) is 6.27. The van der Waals surface area contributed by atoms with E-state index in [4.69, 9.17) is 16.3 Å². The second-order valence-electron chi connectivity index (χ2n) is 2.52. The Bertz CT molecular complexity index is 299. The van der Waals surface area contributed by atoms with Crippen LogP contribution in [0.15, 0.2) is 30.9 Å². The zero-order valence-electron chi connectivity index (χ0n) is 7.51. The molecule has 0 heterocycles. The lowest BCUT2D eigenvalue weighted by Gasteiger charge is -2.07. The van der Waals surface area contributed by atoms with Crippen molar-refractivity contribution < 1.29 is 4.74 Å². The Hall–Kier alpha value is -1.15. The van der Waals surface area contributed by atoms with Crippen LogP contribution in [0.1, 0.15) is 0 Å². The van der Waals surface area contributed by atoms with Gasteiger partial charge in [-0.3, -0.25) is 0 Å². The van der Waals surface area contributed by atoms with E-state index >= 15 is 0 Å². The Labute approximate surface area is 83.2 Å². The summed E-state index contributed by atoms with van der Waals surface area (Å²) >= 11 is 5.97. The van der Waals surface area contributed by atoms with Crippen molar-refractivity contribution in [3.05, 3.63) is 35.9 Å². The van der Waals surface area contributed by atoms with Gasteiger partial charge in [0.15, 0.2) is 0 Å². The fraction of sp³-hybridized carbons (Fsp3) is 0.200. The summed E-state index contributed by atoms with van der Waals surface area (Å²) in [5, 5.41) is 3.76. The van der Waals surface area contributed by atoms with Gasteiger partial charge >= 0.3 is 0 Å². The van der Waals surface area contributed by atoms with Crippen LogP contribution in [0.2, 0.25) is 5.02 Å². The topological polar surface area (TPSA) is 21.3 Å². The minimum absolute atomic E-state index is 0.654. The Balaban J connectivity index is 2.78. The molecule has 0 aliphatic carbocycles. The molecule has 2 nitrogen and oxygen atoms in total. The zero-order chi connectivity index (χ0) is 9.68. The molecule has 1 aromatic carbocycles. The van der Waals surface area contributed by atoms with Gasteiger partial charge in [0.05, 0.1) is 17.8 Å². The van der Waals surface area contributed by atoms with Gasteiger partial charge in [0.1, 0.15) is 5.75 Å². The van der Waals surface area contributed by atoms with Gasteiger partial charge in [0, 0.05) is 12.6 Å². The van der Waals surface area contributed by atoms with Gasteiger partial charge in [-0.05, 0) is 12.1 Å². The third-order valence-electron chi connectivity index (χ3n) is 1.61. The third kappa shape index (κ3) is 2.67. The van der Waals surface area contributed by atoms with Crippen molar-refractivity contribution in [2.24, 2.45) is 0 Å². The molecule has 0 radical (unpaired) electrons. The first-order valence-electron chi connectivity index (χ1n) is 3.96. The summed E-state index contributed by atoms with van der Waals surface area (Å²) in [6.07, 6.45) is 1.78. The van der Waals surface area contributed by atoms with E-state index in [1.165, 1.54) is 0 Å². The van der Waals surface area contributed by atoms with Gasteiger partial charge < -0.3 is 10.1 Å². The van der Waals surface area contributed by atoms with E-state index in [1.807, 2.05) is 12.1 Å². The Morgan fingerprint density at radius 2 is 2.38 bits per heavy atom. The van der Waals surface area contributed by atoms with Crippen molar-refractivity contribution in [2.75, 3.05) is 19.0 Å². The number of anilines is 1. The predicted molar refractivity (Wildman–Crippen MR) is 56.7 cm³/mol. The molecular weight excluding hydrogens is 186 g/mol. The molecule has 0 saturated carbocycles. The maximum atomic E-state index is 5.97. The van der Waals surface area contributed by atoms with E-state index in [9.17, 15) is 0 Å². The minimum atomic E-state index is 0.654. The van der Waals surface area contributed by atoms with Crippen LogP contribution in [0.4, 0.5) is 5.69 Å². The molecule has 70 valence electrons. The van der Waals surface area contributed by atoms with E-state index in [1.54, 1.807) is 19.3 Å². The molecule has 1 rings (SSSR count). The molecule has 0 fully saturated rings. The highest BCUT2D eigenvalue weighted by atomic mass is 35.5. The second-order valence-corrected chi connectivity index (χ2v) is 2.92. The fourth-order valence-corrected chi connectivity index (χ4v) is 1.19. The Morgan fingerprint density at radius 3 is 2.92 bits per heavy atom. The first-order valence-corrected chi connectivity index (χ1v) is 4.34. The minimum Gasteiger partial charge on any atom is -0.497 e. The highest BCUT2D eigenvalue weighted by Crippen LogP contribution is 2.26. The number of ether oxygens (including phenoxy) is 1. The first kappa shape index (κ1) is 9.93. The van der Waals surface area contributed by atoms with Crippen LogP contribution in [-0.2, 0) is 0 Å². The van der Waals surface area contributed by atoms with Crippen molar-refractivity contribution in [1.29, 1.82) is 0 Å². The average molecular weight is 198 g/mol. The normalized spacial score (nSPS) is 9.38. The molecule has 0 aliphatic heterocycles. The summed E-state index contributed by atoms with van der Waals surface area (Å²) in [6, 6.07) is 5.51. The van der Waals surface area contributed by atoms with E-state index in [0.29, 0.717) is 11.6 Å². The third-order valence-corrected chi connectivity index (χ3v) is 1.93. The molecule has 0 amide bonds. The van der Waals surface area contributed by atoms with Gasteiger partial charge in [-0.15, -0.1) is 6.58 Å². The number of benzene rings is 1. The van der Waals surface area contributed by atoms with E-state index in [-0.39, 0.29) is 0 Å². The lowest BCUT2D eigenvalue weighted by atomic mass is 10.3. The summed E-state index contributed by atoms with van der Waals surface area (Å²) < 4.78 is 5.02. The fourth-order valence-electron chi connectivity index (χ4n) is 0.948. The molecule has 1 N–H and O–H groups in total. The van der Waals surface area contributed by atoms with Gasteiger partial charge in [0.2, 0.25) is 0 Å². The van der Waals surface area contributed by atoms with Crippen molar-refractivity contribution in [2.45, 2.75) is 0 Å². The standard InChI is InChI=1S/C10H12ClNO/c1-3-6-12-10-5-4-8(13-2)7-9(10)11/h3-5,7,12H,1,6H2,2H3. The van der Waals surface area contributed by atoms with Crippen LogP contribution in [-0.4, -0.2) is 13.7 Å². The maximum absolute atomic E-state index is 5.97. The largest absolute Gasteiger partial charge is 0.497 e. The Morgan fingerprint density at radius 1 is 1.62 bits per heavy atom. The quantitative estimate of drug-likeness (QED) is 0.750. The van der Waals surface area contributed by atoms with E-state index in [2.05, 4.69) is 11.9 Å². The summed E-state index contributed by atoms with van der Waals surface area (Å²) in [6.45, 7) is 4.31. The molecule has 3 heteroatoms. The van der Waals surface area contributed by atoms with Gasteiger partial charge in [-0.25, -0.2) is 0 Å². The molecule has 0 spiro atoms. The lowest BCUT2D eigenvalue weighted by Crippen LogP contribution is -1.98. The molecule has 0 saturated heterocycles. The van der Waals surface area contributed by atoms with Crippen LogP contribution in [0.25, 0.3) is 0 Å². The number of methoxy groups -OCH3 is 1. The summed E-state index contributed by atoms with van der Waals surface area (Å²) in [4.78, 5) is 0. The molecule has 0 aliphatic rings. The number of halogens is 1. The number of hydrogen-bond acceptors (Lipinski definition) is 2. The SMILES string of the molecule is C=CCNc1ccc(OC)cc1Cl. The summed E-state index contributed by atoms with van der Waals surface area (Å²) in [5.74, 6) is 0.758. The number of rotatable bonds is 4. The van der Waals surface area contributed by atoms with E-state index in [0.717, 1.165) is 11.4 Å². The highest BCUT2D eigenvalue weighted by molar-refractivity contribution is 6.33. The lowest BCUT2D eigenvalue weighted by molar-refractivity contribution is 0.415. The van der Waals surface area contributed by atoms with Crippen LogP contribution < -0.4 is 10.1 Å². The molecule has 0 aromatic heterocycles. The molecular formula is C10H12ClNO. The number of hydrogen-bond donors (Lipinski definition) is 1. The smallest absolute Gasteiger partial charge is 0.120 e. The summed E-state index contributed by atoms with van der Waals surface area (Å²) in [7, 11) is 1.61. The molecule has 0 atom stereocenters. The van der Waals surface area contributed by atoms with Gasteiger partial charge in [-0.2, -0.15) is 0 Å². The van der Waals surface area contributed by atoms with Crippen LogP contribution >= 0.6 is 11.6 Å².